The van der Waals surface area contributed by atoms with E-state index in [1.54, 1.807) is 12.1 Å². The maximum absolute atomic E-state index is 11.8. The smallest absolute Gasteiger partial charge is 0.271 e. The molecule has 1 aromatic heterocycles. The van der Waals surface area contributed by atoms with Gasteiger partial charge in [0.15, 0.2) is 11.5 Å². The third-order valence-corrected chi connectivity index (χ3v) is 3.36. The number of carbonyl (C=O) groups excluding carboxylic acids is 1. The van der Waals surface area contributed by atoms with Gasteiger partial charge in [0.1, 0.15) is 0 Å². The molecule has 0 spiro atoms. The van der Waals surface area contributed by atoms with Crippen LogP contribution in [0.3, 0.4) is 0 Å². The Kier molecular flexibility index (Phi) is 5.09. The maximum Gasteiger partial charge on any atom is 0.271 e. The van der Waals surface area contributed by atoms with E-state index >= 15 is 0 Å². The van der Waals surface area contributed by atoms with Crippen LogP contribution in [0.15, 0.2) is 24.3 Å². The van der Waals surface area contributed by atoms with Crippen LogP contribution in [0.5, 0.6) is 0 Å². The Hall–Kier alpha value is -2.43. The van der Waals surface area contributed by atoms with Crippen molar-refractivity contribution < 1.29 is 4.79 Å². The van der Waals surface area contributed by atoms with Gasteiger partial charge in [-0.1, -0.05) is 24.6 Å². The van der Waals surface area contributed by atoms with Crippen molar-refractivity contribution >= 4 is 17.4 Å². The van der Waals surface area contributed by atoms with E-state index in [-0.39, 0.29) is 5.91 Å². The Morgan fingerprint density at radius 2 is 1.77 bits per heavy atom. The highest BCUT2D eigenvalue weighted by molar-refractivity contribution is 5.92. The summed E-state index contributed by atoms with van der Waals surface area (Å²) >= 11 is 0. The van der Waals surface area contributed by atoms with Gasteiger partial charge >= 0.3 is 0 Å². The zero-order valence-electron chi connectivity index (χ0n) is 13.5. The molecule has 0 unspecified atom stereocenters. The van der Waals surface area contributed by atoms with Crippen molar-refractivity contribution in [2.24, 2.45) is 0 Å². The Labute approximate surface area is 131 Å². The van der Waals surface area contributed by atoms with Crippen LogP contribution >= 0.6 is 0 Å². The van der Waals surface area contributed by atoms with Crippen molar-refractivity contribution in [1.82, 2.24) is 15.5 Å². The summed E-state index contributed by atoms with van der Waals surface area (Å²) in [5.41, 5.74) is 4.90. The lowest BCUT2D eigenvalue weighted by Crippen LogP contribution is -2.25. The van der Waals surface area contributed by atoms with Gasteiger partial charge in [-0.05, 0) is 50.5 Å². The Bertz CT molecular complexity index is 642. The molecule has 116 valence electrons. The highest BCUT2D eigenvalue weighted by Crippen LogP contribution is 2.24. The molecule has 0 bridgehead atoms. The number of nitrogens with one attached hydrogen (secondary N) is 2. The number of amides is 1. The van der Waals surface area contributed by atoms with E-state index in [9.17, 15) is 4.79 Å². The summed E-state index contributed by atoms with van der Waals surface area (Å²) in [5.74, 6) is 0.436. The van der Waals surface area contributed by atoms with Crippen molar-refractivity contribution in [1.29, 1.82) is 0 Å². The molecule has 1 amide bonds. The van der Waals surface area contributed by atoms with Gasteiger partial charge in [-0.25, -0.2) is 0 Å². The predicted molar refractivity (Wildman–Crippen MR) is 88.6 cm³/mol. The van der Waals surface area contributed by atoms with Gasteiger partial charge < -0.3 is 10.6 Å². The van der Waals surface area contributed by atoms with E-state index in [1.807, 2.05) is 6.92 Å². The van der Waals surface area contributed by atoms with Crippen molar-refractivity contribution in [3.05, 3.63) is 46.6 Å². The molecule has 0 radical (unpaired) electrons. The summed E-state index contributed by atoms with van der Waals surface area (Å²) in [5, 5.41) is 14.1. The van der Waals surface area contributed by atoms with E-state index in [0.29, 0.717) is 18.1 Å². The van der Waals surface area contributed by atoms with Crippen LogP contribution in [0.2, 0.25) is 0 Å². The second-order valence-corrected chi connectivity index (χ2v) is 5.46. The van der Waals surface area contributed by atoms with Crippen LogP contribution < -0.4 is 10.6 Å². The second-order valence-electron chi connectivity index (χ2n) is 5.46. The van der Waals surface area contributed by atoms with Gasteiger partial charge in [0, 0.05) is 12.2 Å². The summed E-state index contributed by atoms with van der Waals surface area (Å²) in [6.45, 7) is 8.84. The first-order valence-electron chi connectivity index (χ1n) is 7.48. The lowest BCUT2D eigenvalue weighted by Gasteiger charge is -2.13. The number of aryl methyl sites for hydroxylation is 3. The first-order chi connectivity index (χ1) is 10.5. The number of benzene rings is 1. The minimum Gasteiger partial charge on any atom is -0.351 e. The summed E-state index contributed by atoms with van der Waals surface area (Å²) < 4.78 is 0. The van der Waals surface area contributed by atoms with Gasteiger partial charge in [0.2, 0.25) is 0 Å². The fourth-order valence-corrected chi connectivity index (χ4v) is 2.35. The number of anilines is 2. The van der Waals surface area contributed by atoms with E-state index in [0.717, 1.165) is 23.2 Å². The number of nitrogens with zero attached hydrogens (tertiary/aromatic N) is 2. The Morgan fingerprint density at radius 1 is 1.09 bits per heavy atom. The quantitative estimate of drug-likeness (QED) is 0.889. The predicted octanol–water partition coefficient (Wildman–Crippen LogP) is 3.29. The summed E-state index contributed by atoms with van der Waals surface area (Å²) in [6.07, 6.45) is 0.894. The molecule has 5 nitrogen and oxygen atoms in total. The average molecular weight is 298 g/mol. The summed E-state index contributed by atoms with van der Waals surface area (Å²) in [7, 11) is 0. The van der Waals surface area contributed by atoms with E-state index in [4.69, 9.17) is 0 Å². The topological polar surface area (TPSA) is 66.9 Å². The van der Waals surface area contributed by atoms with Crippen LogP contribution in [0.4, 0.5) is 11.5 Å². The van der Waals surface area contributed by atoms with Crippen LogP contribution in [-0.2, 0) is 0 Å². The molecule has 0 aliphatic carbocycles. The molecule has 2 N–H and O–H groups in total. The monoisotopic (exact) mass is 298 g/mol. The normalized spacial score (nSPS) is 10.4. The number of hydrogen-bond acceptors (Lipinski definition) is 4. The zero-order valence-corrected chi connectivity index (χ0v) is 13.5. The summed E-state index contributed by atoms with van der Waals surface area (Å²) in [4.78, 5) is 11.8. The SMILES string of the molecule is CCCNC(=O)c1ccc(Nc2c(C)cc(C)cc2C)nn1. The third-order valence-electron chi connectivity index (χ3n) is 3.36. The van der Waals surface area contributed by atoms with Crippen molar-refractivity contribution in [3.63, 3.8) is 0 Å². The van der Waals surface area contributed by atoms with Gasteiger partial charge in [-0.3, -0.25) is 4.79 Å². The molecule has 0 fully saturated rings. The molecule has 0 aliphatic heterocycles. The highest BCUT2D eigenvalue weighted by Gasteiger charge is 2.09. The van der Waals surface area contributed by atoms with Crippen molar-refractivity contribution in [2.75, 3.05) is 11.9 Å². The highest BCUT2D eigenvalue weighted by atomic mass is 16.1. The van der Waals surface area contributed by atoms with Crippen LogP contribution in [0, 0.1) is 20.8 Å². The molecule has 0 atom stereocenters. The molecule has 0 aliphatic rings. The summed E-state index contributed by atoms with van der Waals surface area (Å²) in [6, 6.07) is 7.69. The van der Waals surface area contributed by atoms with Gasteiger partial charge in [-0.2, -0.15) is 0 Å². The van der Waals surface area contributed by atoms with E-state index < -0.39 is 0 Å². The van der Waals surface area contributed by atoms with Crippen molar-refractivity contribution in [2.45, 2.75) is 34.1 Å². The molecular weight excluding hydrogens is 276 g/mol. The second kappa shape index (κ2) is 7.02. The van der Waals surface area contributed by atoms with E-state index in [1.165, 1.54) is 5.56 Å². The minimum atomic E-state index is -0.191. The number of aromatic nitrogens is 2. The lowest BCUT2D eigenvalue weighted by atomic mass is 10.1. The molecule has 0 saturated carbocycles. The zero-order chi connectivity index (χ0) is 16.1. The van der Waals surface area contributed by atoms with E-state index in [2.05, 4.69) is 53.7 Å². The molecular formula is C17H22N4O. The average Bonchev–Trinajstić information content (AvgIpc) is 2.49. The van der Waals surface area contributed by atoms with Crippen LogP contribution in [0.1, 0.15) is 40.5 Å². The van der Waals surface area contributed by atoms with Gasteiger partial charge in [-0.15, -0.1) is 10.2 Å². The number of rotatable bonds is 5. The van der Waals surface area contributed by atoms with Crippen molar-refractivity contribution in [3.8, 4) is 0 Å². The van der Waals surface area contributed by atoms with Gasteiger partial charge in [0.25, 0.3) is 5.91 Å². The van der Waals surface area contributed by atoms with Crippen LogP contribution in [0.25, 0.3) is 0 Å². The lowest BCUT2D eigenvalue weighted by molar-refractivity contribution is 0.0947. The standard InChI is InChI=1S/C17H22N4O/c1-5-8-18-17(22)14-6-7-15(21-20-14)19-16-12(3)9-11(2)10-13(16)4/h6-7,9-10H,5,8H2,1-4H3,(H,18,22)(H,19,21). The minimum absolute atomic E-state index is 0.191. The fraction of sp³-hybridized carbons (Fsp3) is 0.353. The molecule has 1 aromatic carbocycles. The molecule has 5 heteroatoms. The first-order valence-corrected chi connectivity index (χ1v) is 7.48. The molecule has 1 heterocycles. The molecule has 0 saturated heterocycles. The first kappa shape index (κ1) is 15.9. The van der Waals surface area contributed by atoms with Gasteiger partial charge in [0.05, 0.1) is 0 Å². The fourth-order valence-electron chi connectivity index (χ4n) is 2.35. The third kappa shape index (κ3) is 3.81. The maximum atomic E-state index is 11.8. The molecule has 22 heavy (non-hydrogen) atoms. The molecule has 2 rings (SSSR count). The molecule has 2 aromatic rings. The number of hydrogen-bond donors (Lipinski definition) is 2. The van der Waals surface area contributed by atoms with Crippen LogP contribution in [-0.4, -0.2) is 22.6 Å². The Morgan fingerprint density at radius 3 is 2.32 bits per heavy atom. The Balaban J connectivity index is 2.13. The largest absolute Gasteiger partial charge is 0.351 e. The number of carbonyl (C=O) groups is 1.